The van der Waals surface area contributed by atoms with Crippen molar-refractivity contribution >= 4 is 52.7 Å². The van der Waals surface area contributed by atoms with Gasteiger partial charge in [-0.2, -0.15) is 5.26 Å². The SMILES string of the molecule is CCCCCCCCCCCCCCCC(=O)OCC(COC(=O)CCCCCCCCCCCCCCC)OC(=O)CC(C)CCCCC(C)C(=O)OC(C)OC(=O)n1ccc2c(N(C)[C@H]3CN(C(=O)CC#N)CC[C@H]3C)ncnc21. The molecule has 17 heteroatoms. The molecule has 2 aromatic rings. The lowest BCUT2D eigenvalue weighted by molar-refractivity contribution is -0.169. The number of nitriles is 1. The van der Waals surface area contributed by atoms with Crippen LogP contribution in [0.4, 0.5) is 10.6 Å². The number of hydrogen-bond acceptors (Lipinski definition) is 15. The van der Waals surface area contributed by atoms with Crippen LogP contribution in [0, 0.1) is 29.1 Å². The van der Waals surface area contributed by atoms with E-state index in [1.165, 1.54) is 152 Å². The van der Waals surface area contributed by atoms with E-state index in [0.29, 0.717) is 62.0 Å². The van der Waals surface area contributed by atoms with Gasteiger partial charge in [0.25, 0.3) is 0 Å². The summed E-state index contributed by atoms with van der Waals surface area (Å²) in [5, 5.41) is 9.66. The van der Waals surface area contributed by atoms with Crippen molar-refractivity contribution in [2.75, 3.05) is 38.3 Å². The Hall–Kier alpha value is -5.27. The van der Waals surface area contributed by atoms with Gasteiger partial charge in [0.2, 0.25) is 12.2 Å². The highest BCUT2D eigenvalue weighted by molar-refractivity contribution is 5.93. The van der Waals surface area contributed by atoms with Gasteiger partial charge in [-0.15, -0.1) is 0 Å². The Balaban J connectivity index is 1.39. The molecule has 1 aliphatic heterocycles. The summed E-state index contributed by atoms with van der Waals surface area (Å²) in [7, 11) is 1.89. The molecule has 0 radical (unpaired) electrons. The lowest BCUT2D eigenvalue weighted by atomic mass is 9.92. The van der Waals surface area contributed by atoms with E-state index in [4.69, 9.17) is 28.9 Å². The lowest BCUT2D eigenvalue weighted by Gasteiger charge is -2.42. The minimum atomic E-state index is -1.18. The number of carbonyl (C=O) groups excluding carboxylic acids is 6. The smallest absolute Gasteiger partial charge is 0.422 e. The van der Waals surface area contributed by atoms with Crippen LogP contribution in [0.1, 0.15) is 266 Å². The van der Waals surface area contributed by atoms with E-state index in [2.05, 4.69) is 30.7 Å². The van der Waals surface area contributed by atoms with Gasteiger partial charge in [-0.25, -0.2) is 19.3 Å². The Kier molecular flexibility index (Phi) is 37.6. The third kappa shape index (κ3) is 29.8. The van der Waals surface area contributed by atoms with Crippen LogP contribution < -0.4 is 4.90 Å². The number of hydrogen-bond donors (Lipinski definition) is 0. The van der Waals surface area contributed by atoms with Crippen LogP contribution in [-0.2, 0) is 47.7 Å². The standard InChI is InChI=1S/C65H108N6O11/c1-8-10-12-14-16-18-20-22-24-26-28-30-32-38-59(73)78-48-55(49-79-60(74)39-33-31-29-27-25-23-21-19-17-15-13-11-9-2)82-61(75)46-51(3)36-34-35-37-53(5)64(76)80-54(6)81-65(77)71-45-42-56-62(67-50-68-63(56)71)69(7)57-47-70(44-41-52(57)4)58(72)40-43-66/h42,45,50-55,57H,8-41,44,46-49H2,1-7H3/t51?,52-,53?,54?,57+/m1/s1. The number of anilines is 1. The molecule has 0 spiro atoms. The summed E-state index contributed by atoms with van der Waals surface area (Å²) in [5.41, 5.74) is 0.309. The highest BCUT2D eigenvalue weighted by Crippen LogP contribution is 2.30. The topological polar surface area (TPSA) is 210 Å². The summed E-state index contributed by atoms with van der Waals surface area (Å²) < 4.78 is 29.3. The number of nitrogens with zero attached hydrogens (tertiary/aromatic N) is 6. The first-order valence-electron chi connectivity index (χ1n) is 32.3. The van der Waals surface area contributed by atoms with Gasteiger partial charge in [0.05, 0.1) is 23.4 Å². The molecule has 3 heterocycles. The van der Waals surface area contributed by atoms with Gasteiger partial charge in [0, 0.05) is 52.5 Å². The normalized spacial score (nSPS) is 15.4. The van der Waals surface area contributed by atoms with Crippen LogP contribution in [-0.4, -0.2) is 107 Å². The predicted octanol–water partition coefficient (Wildman–Crippen LogP) is 15.1. The fourth-order valence-electron chi connectivity index (χ4n) is 10.9. The van der Waals surface area contributed by atoms with Crippen molar-refractivity contribution in [2.24, 2.45) is 17.8 Å². The van der Waals surface area contributed by atoms with E-state index in [1.54, 1.807) is 17.9 Å². The second-order valence-electron chi connectivity index (χ2n) is 23.6. The van der Waals surface area contributed by atoms with Crippen molar-refractivity contribution in [3.63, 3.8) is 0 Å². The molecule has 0 N–H and O–H groups in total. The van der Waals surface area contributed by atoms with Crippen molar-refractivity contribution < 1.29 is 52.5 Å². The number of esters is 4. The molecule has 1 amide bonds. The summed E-state index contributed by atoms with van der Waals surface area (Å²) in [6.45, 7) is 12.5. The van der Waals surface area contributed by atoms with Crippen LogP contribution in [0.25, 0.3) is 11.0 Å². The Morgan fingerprint density at radius 1 is 0.659 bits per heavy atom. The molecule has 2 aromatic heterocycles. The second-order valence-corrected chi connectivity index (χ2v) is 23.6. The Labute approximate surface area is 493 Å². The fourth-order valence-corrected chi connectivity index (χ4v) is 10.9. The number of aromatic nitrogens is 3. The first-order chi connectivity index (χ1) is 39.7. The molecule has 0 bridgehead atoms. The second kappa shape index (κ2) is 43.4. The van der Waals surface area contributed by atoms with E-state index in [9.17, 15) is 28.8 Å². The van der Waals surface area contributed by atoms with E-state index in [0.717, 1.165) is 51.4 Å². The average molecular weight is 1150 g/mol. The average Bonchev–Trinajstić information content (AvgIpc) is 3.92. The molecule has 82 heavy (non-hydrogen) atoms. The van der Waals surface area contributed by atoms with Crippen LogP contribution in [0.2, 0.25) is 0 Å². The summed E-state index contributed by atoms with van der Waals surface area (Å²) in [4.78, 5) is 90.4. The maximum Gasteiger partial charge on any atom is 0.422 e. The number of piperidine rings is 1. The number of likely N-dealkylation sites (tertiary alicyclic amines) is 1. The highest BCUT2D eigenvalue weighted by atomic mass is 16.7. The highest BCUT2D eigenvalue weighted by Gasteiger charge is 2.33. The zero-order valence-corrected chi connectivity index (χ0v) is 51.9. The minimum absolute atomic E-state index is 0.0374. The lowest BCUT2D eigenvalue weighted by Crippen LogP contribution is -2.52. The van der Waals surface area contributed by atoms with Gasteiger partial charge >= 0.3 is 30.0 Å². The Bertz CT molecular complexity index is 2120. The Morgan fingerprint density at radius 2 is 1.16 bits per heavy atom. The quantitative estimate of drug-likeness (QED) is 0.0261. The van der Waals surface area contributed by atoms with Crippen LogP contribution in [0.3, 0.4) is 0 Å². The minimum Gasteiger partial charge on any atom is -0.462 e. The molecular weight excluding hydrogens is 1040 g/mol. The largest absolute Gasteiger partial charge is 0.462 e. The van der Waals surface area contributed by atoms with Gasteiger partial charge in [-0.3, -0.25) is 24.0 Å². The fraction of sp³-hybridized carbons (Fsp3) is 0.800. The van der Waals surface area contributed by atoms with Crippen molar-refractivity contribution in [1.29, 1.82) is 5.26 Å². The van der Waals surface area contributed by atoms with Crippen molar-refractivity contribution in [3.05, 3.63) is 18.6 Å². The predicted molar refractivity (Wildman–Crippen MR) is 322 cm³/mol. The maximum absolute atomic E-state index is 13.4. The van der Waals surface area contributed by atoms with Crippen LogP contribution in [0.15, 0.2) is 18.6 Å². The number of unbranched alkanes of at least 4 members (excludes halogenated alkanes) is 25. The summed E-state index contributed by atoms with van der Waals surface area (Å²) in [5.74, 6) is -1.58. The third-order valence-electron chi connectivity index (χ3n) is 16.2. The van der Waals surface area contributed by atoms with E-state index in [-0.39, 0.29) is 61.8 Å². The number of amides is 1. The molecule has 0 saturated carbocycles. The van der Waals surface area contributed by atoms with Crippen molar-refractivity contribution in [1.82, 2.24) is 19.4 Å². The summed E-state index contributed by atoms with van der Waals surface area (Å²) in [6, 6.07) is 3.58. The summed E-state index contributed by atoms with van der Waals surface area (Å²) in [6.07, 6.45) is 35.5. The number of carbonyl (C=O) groups is 6. The number of rotatable bonds is 46. The summed E-state index contributed by atoms with van der Waals surface area (Å²) >= 11 is 0. The van der Waals surface area contributed by atoms with E-state index < -0.39 is 36.3 Å². The van der Waals surface area contributed by atoms with Gasteiger partial charge in [0.15, 0.2) is 11.8 Å². The van der Waals surface area contributed by atoms with Crippen LogP contribution in [0.5, 0.6) is 0 Å². The third-order valence-corrected chi connectivity index (χ3v) is 16.2. The first kappa shape index (κ1) is 71.0. The molecule has 1 fully saturated rings. The molecule has 17 nitrogen and oxygen atoms in total. The molecular formula is C65H108N6O11. The molecule has 1 aliphatic rings. The molecule has 3 rings (SSSR count). The monoisotopic (exact) mass is 1150 g/mol. The first-order valence-corrected chi connectivity index (χ1v) is 32.3. The molecule has 1 saturated heterocycles. The number of fused-ring (bicyclic) bond motifs is 1. The van der Waals surface area contributed by atoms with E-state index >= 15 is 0 Å². The van der Waals surface area contributed by atoms with Crippen molar-refractivity contribution in [2.45, 2.75) is 285 Å². The molecule has 464 valence electrons. The van der Waals surface area contributed by atoms with Crippen molar-refractivity contribution in [3.8, 4) is 6.07 Å². The molecule has 3 unspecified atom stereocenters. The number of ether oxygens (including phenoxy) is 5. The van der Waals surface area contributed by atoms with Gasteiger partial charge < -0.3 is 33.5 Å². The van der Waals surface area contributed by atoms with Gasteiger partial charge in [0.1, 0.15) is 31.8 Å². The van der Waals surface area contributed by atoms with E-state index in [1.807, 2.05) is 24.9 Å². The molecule has 5 atom stereocenters. The van der Waals surface area contributed by atoms with Gasteiger partial charge in [-0.05, 0) is 43.6 Å². The Morgan fingerprint density at radius 3 is 1.67 bits per heavy atom. The van der Waals surface area contributed by atoms with Crippen LogP contribution >= 0.6 is 0 Å². The zero-order valence-electron chi connectivity index (χ0n) is 51.9. The van der Waals surface area contributed by atoms with Gasteiger partial charge in [-0.1, -0.05) is 208 Å². The number of likely N-dealkylation sites (N-methyl/N-ethyl adjacent to an activating group) is 1. The molecule has 0 aliphatic carbocycles. The molecule has 0 aromatic carbocycles. The zero-order chi connectivity index (χ0) is 59.7. The maximum atomic E-state index is 13.4.